The summed E-state index contributed by atoms with van der Waals surface area (Å²) in [6.07, 6.45) is 0. The number of aromatic nitrogens is 5. The molecule has 202 valence electrons. The van der Waals surface area contributed by atoms with Crippen LogP contribution >= 0.6 is 0 Å². The van der Waals surface area contributed by atoms with Crippen LogP contribution in [-0.4, -0.2) is 78.8 Å². The molecule has 5 rings (SSSR count). The summed E-state index contributed by atoms with van der Waals surface area (Å²) in [5.41, 5.74) is 8.22. The van der Waals surface area contributed by atoms with Crippen molar-refractivity contribution >= 4 is 28.5 Å². The molecule has 3 N–H and O–H groups in total. The fourth-order valence-electron chi connectivity index (χ4n) is 4.73. The van der Waals surface area contributed by atoms with Crippen LogP contribution in [0.2, 0.25) is 0 Å². The van der Waals surface area contributed by atoms with Crippen LogP contribution in [0.25, 0.3) is 16.6 Å². The number of hydrogen-bond acceptors (Lipinski definition) is 8. The molecule has 1 atom stereocenters. The van der Waals surface area contributed by atoms with Gasteiger partial charge in [0.05, 0.1) is 23.4 Å². The van der Waals surface area contributed by atoms with Gasteiger partial charge in [-0.1, -0.05) is 44.2 Å². The molecular weight excluding hydrogens is 494 g/mol. The molecule has 1 saturated heterocycles. The van der Waals surface area contributed by atoms with Crippen LogP contribution in [0.3, 0.4) is 0 Å². The highest BCUT2D eigenvalue weighted by atomic mass is 16.2. The lowest BCUT2D eigenvalue weighted by atomic mass is 10.0. The van der Waals surface area contributed by atoms with Crippen molar-refractivity contribution in [2.75, 3.05) is 31.5 Å². The number of benzene rings is 2. The van der Waals surface area contributed by atoms with E-state index in [0.29, 0.717) is 55.8 Å². The van der Waals surface area contributed by atoms with Gasteiger partial charge < -0.3 is 16.0 Å². The van der Waals surface area contributed by atoms with Gasteiger partial charge in [0, 0.05) is 31.6 Å². The topological polar surface area (TPSA) is 135 Å². The number of aryl methyl sites for hydroxylation is 1. The number of piperazine rings is 1. The molecule has 2 amide bonds. The standard InChI is InChI=1S/C28H33N9O2/c1-18(2)24(26(29)38)32-27-21-11-7-8-12-22(21)30-23(31-27)17-35-13-15-36(16-14-35)28(39)25-19(3)33-37(34-25)20-9-5-4-6-10-20/h4-12,18,24H,13-17H2,1-3H3,(H2,29,38)(H,30,31,32)/t24-/m0/s1. The molecule has 4 aromatic rings. The van der Waals surface area contributed by atoms with E-state index in [1.165, 1.54) is 4.80 Å². The molecule has 2 aromatic heterocycles. The lowest BCUT2D eigenvalue weighted by Gasteiger charge is -2.34. The minimum atomic E-state index is -0.547. The number of hydrogen-bond donors (Lipinski definition) is 2. The van der Waals surface area contributed by atoms with E-state index >= 15 is 0 Å². The van der Waals surface area contributed by atoms with Gasteiger partial charge in [-0.2, -0.15) is 9.90 Å². The summed E-state index contributed by atoms with van der Waals surface area (Å²) < 4.78 is 0. The molecule has 1 aliphatic heterocycles. The first-order chi connectivity index (χ1) is 18.8. The maximum atomic E-state index is 13.3. The van der Waals surface area contributed by atoms with Crippen molar-refractivity contribution < 1.29 is 9.59 Å². The first-order valence-corrected chi connectivity index (χ1v) is 13.1. The molecule has 3 heterocycles. The second-order valence-corrected chi connectivity index (χ2v) is 10.1. The van der Waals surface area contributed by atoms with Crippen molar-refractivity contribution in [2.45, 2.75) is 33.4 Å². The molecule has 2 aromatic carbocycles. The molecule has 0 unspecified atom stereocenters. The van der Waals surface area contributed by atoms with E-state index in [0.717, 1.165) is 16.6 Å². The summed E-state index contributed by atoms with van der Waals surface area (Å²) in [5, 5.41) is 13.0. The summed E-state index contributed by atoms with van der Waals surface area (Å²) in [5.74, 6) is 0.703. The minimum Gasteiger partial charge on any atom is -0.368 e. The van der Waals surface area contributed by atoms with E-state index in [-0.39, 0.29) is 11.8 Å². The van der Waals surface area contributed by atoms with Gasteiger partial charge in [0.1, 0.15) is 17.7 Å². The normalized spacial score (nSPS) is 15.0. The van der Waals surface area contributed by atoms with Gasteiger partial charge in [-0.3, -0.25) is 14.5 Å². The Hall–Kier alpha value is -4.38. The zero-order valence-electron chi connectivity index (χ0n) is 22.4. The first kappa shape index (κ1) is 26.2. The van der Waals surface area contributed by atoms with E-state index in [1.807, 2.05) is 73.3 Å². The Morgan fingerprint density at radius 2 is 1.64 bits per heavy atom. The molecule has 39 heavy (non-hydrogen) atoms. The third-order valence-electron chi connectivity index (χ3n) is 6.91. The monoisotopic (exact) mass is 527 g/mol. The van der Waals surface area contributed by atoms with Crippen LogP contribution in [0.4, 0.5) is 5.82 Å². The highest BCUT2D eigenvalue weighted by molar-refractivity contribution is 5.93. The number of nitrogens with two attached hydrogens (primary N) is 1. The van der Waals surface area contributed by atoms with Gasteiger partial charge >= 0.3 is 0 Å². The number of anilines is 1. The molecule has 0 saturated carbocycles. The quantitative estimate of drug-likeness (QED) is 0.357. The fraction of sp³-hybridized carbons (Fsp3) is 0.357. The molecule has 0 aliphatic carbocycles. The Morgan fingerprint density at radius 3 is 2.33 bits per heavy atom. The SMILES string of the molecule is Cc1nn(-c2ccccc2)nc1C(=O)N1CCN(Cc2nc(N[C@H](C(N)=O)C(C)C)c3ccccc3n2)CC1. The Balaban J connectivity index is 1.27. The lowest BCUT2D eigenvalue weighted by molar-refractivity contribution is -0.119. The molecule has 11 heteroatoms. The highest BCUT2D eigenvalue weighted by Gasteiger charge is 2.27. The molecule has 11 nitrogen and oxygen atoms in total. The number of rotatable bonds is 8. The molecular formula is C28H33N9O2. The average molecular weight is 528 g/mol. The second kappa shape index (κ2) is 11.2. The summed E-state index contributed by atoms with van der Waals surface area (Å²) in [6.45, 7) is 8.68. The number of fused-ring (bicyclic) bond motifs is 1. The summed E-state index contributed by atoms with van der Waals surface area (Å²) >= 11 is 0. The largest absolute Gasteiger partial charge is 0.368 e. The number of nitrogens with zero attached hydrogens (tertiary/aromatic N) is 7. The zero-order valence-corrected chi connectivity index (χ0v) is 22.4. The highest BCUT2D eigenvalue weighted by Crippen LogP contribution is 2.23. The van der Waals surface area contributed by atoms with Crippen LogP contribution in [0, 0.1) is 12.8 Å². The summed E-state index contributed by atoms with van der Waals surface area (Å²) in [7, 11) is 0. The van der Waals surface area contributed by atoms with Crippen molar-refractivity contribution in [3.05, 3.63) is 71.8 Å². The third kappa shape index (κ3) is 5.73. The molecule has 0 radical (unpaired) electrons. The average Bonchev–Trinajstić information content (AvgIpc) is 3.33. The van der Waals surface area contributed by atoms with Crippen molar-refractivity contribution in [3.8, 4) is 5.69 Å². The van der Waals surface area contributed by atoms with E-state index in [1.54, 1.807) is 6.92 Å². The third-order valence-corrected chi connectivity index (χ3v) is 6.91. The number of para-hydroxylation sites is 2. The summed E-state index contributed by atoms with van der Waals surface area (Å²) in [6, 6.07) is 16.7. The Bertz CT molecular complexity index is 1480. The van der Waals surface area contributed by atoms with Gasteiger partial charge in [-0.15, -0.1) is 5.10 Å². The van der Waals surface area contributed by atoms with Crippen molar-refractivity contribution in [3.63, 3.8) is 0 Å². The second-order valence-electron chi connectivity index (χ2n) is 10.1. The van der Waals surface area contributed by atoms with Gasteiger partial charge in [0.25, 0.3) is 5.91 Å². The van der Waals surface area contributed by atoms with Gasteiger partial charge in [-0.05, 0) is 37.1 Å². The minimum absolute atomic E-state index is 0.00298. The molecule has 0 bridgehead atoms. The summed E-state index contributed by atoms with van der Waals surface area (Å²) in [4.78, 5) is 40.4. The van der Waals surface area contributed by atoms with Gasteiger partial charge in [-0.25, -0.2) is 9.97 Å². The van der Waals surface area contributed by atoms with E-state index in [9.17, 15) is 9.59 Å². The van der Waals surface area contributed by atoms with Crippen molar-refractivity contribution in [2.24, 2.45) is 11.7 Å². The van der Waals surface area contributed by atoms with Crippen LogP contribution in [0.15, 0.2) is 54.6 Å². The number of amides is 2. The maximum Gasteiger partial charge on any atom is 0.276 e. The Kier molecular flexibility index (Phi) is 7.51. The van der Waals surface area contributed by atoms with Gasteiger partial charge in [0.2, 0.25) is 5.91 Å². The Labute approximate surface area is 227 Å². The van der Waals surface area contributed by atoms with Crippen molar-refractivity contribution in [1.29, 1.82) is 0 Å². The zero-order chi connectivity index (χ0) is 27.5. The predicted molar refractivity (Wildman–Crippen MR) is 148 cm³/mol. The van der Waals surface area contributed by atoms with Crippen molar-refractivity contribution in [1.82, 2.24) is 34.8 Å². The fourth-order valence-corrected chi connectivity index (χ4v) is 4.73. The maximum absolute atomic E-state index is 13.3. The molecule has 0 spiro atoms. The van der Waals surface area contributed by atoms with E-state index < -0.39 is 11.9 Å². The van der Waals surface area contributed by atoms with Crippen LogP contribution in [-0.2, 0) is 11.3 Å². The first-order valence-electron chi connectivity index (χ1n) is 13.1. The predicted octanol–water partition coefficient (Wildman–Crippen LogP) is 2.40. The van der Waals surface area contributed by atoms with E-state index in [2.05, 4.69) is 20.4 Å². The smallest absolute Gasteiger partial charge is 0.276 e. The number of carbonyl (C=O) groups is 2. The Morgan fingerprint density at radius 1 is 0.949 bits per heavy atom. The lowest BCUT2D eigenvalue weighted by Crippen LogP contribution is -2.48. The van der Waals surface area contributed by atoms with Crippen LogP contribution in [0.5, 0.6) is 0 Å². The van der Waals surface area contributed by atoms with E-state index in [4.69, 9.17) is 15.7 Å². The van der Waals surface area contributed by atoms with Crippen LogP contribution < -0.4 is 11.1 Å². The van der Waals surface area contributed by atoms with Crippen LogP contribution in [0.1, 0.15) is 35.9 Å². The number of nitrogens with one attached hydrogen (secondary N) is 1. The van der Waals surface area contributed by atoms with Gasteiger partial charge in [0.15, 0.2) is 5.69 Å². The molecule has 1 aliphatic rings. The number of carbonyl (C=O) groups excluding carboxylic acids is 2. The molecule has 1 fully saturated rings. The number of primary amides is 1.